The minimum atomic E-state index is -0.978. The lowest BCUT2D eigenvalue weighted by Crippen LogP contribution is -2.34. The summed E-state index contributed by atoms with van der Waals surface area (Å²) in [6.45, 7) is 0.615. The smallest absolute Gasteiger partial charge is 0.335 e. The van der Waals surface area contributed by atoms with Crippen LogP contribution in [0.15, 0.2) is 48.5 Å². The molecule has 1 unspecified atom stereocenters. The first-order chi connectivity index (χ1) is 12.1. The maximum atomic E-state index is 12.6. The van der Waals surface area contributed by atoms with Crippen molar-refractivity contribution in [3.05, 3.63) is 65.2 Å². The first-order valence-corrected chi connectivity index (χ1v) is 7.99. The Morgan fingerprint density at radius 2 is 1.96 bits per heavy atom. The third kappa shape index (κ3) is 3.61. The van der Waals surface area contributed by atoms with Gasteiger partial charge in [-0.1, -0.05) is 12.1 Å². The van der Waals surface area contributed by atoms with Gasteiger partial charge in [-0.3, -0.25) is 0 Å². The third-order valence-corrected chi connectivity index (χ3v) is 4.30. The number of urea groups is 1. The fourth-order valence-corrected chi connectivity index (χ4v) is 3.06. The zero-order valence-corrected chi connectivity index (χ0v) is 13.5. The highest BCUT2D eigenvalue weighted by molar-refractivity contribution is 5.90. The Balaban J connectivity index is 1.76. The van der Waals surface area contributed by atoms with Crippen LogP contribution >= 0.6 is 0 Å². The maximum absolute atomic E-state index is 12.6. The Labute approximate surface area is 145 Å². The molecule has 0 aliphatic carbocycles. The summed E-state index contributed by atoms with van der Waals surface area (Å²) in [5.41, 5.74) is 2.20. The molecule has 1 atom stereocenters. The molecule has 6 heteroatoms. The summed E-state index contributed by atoms with van der Waals surface area (Å²) in [7, 11) is 0. The zero-order chi connectivity index (χ0) is 17.8. The highest BCUT2D eigenvalue weighted by atomic mass is 16.4. The van der Waals surface area contributed by atoms with E-state index in [1.807, 2.05) is 12.1 Å². The monoisotopic (exact) mass is 335 g/mol. The van der Waals surface area contributed by atoms with Gasteiger partial charge >= 0.3 is 12.0 Å². The van der Waals surface area contributed by atoms with Crippen LogP contribution in [0.2, 0.25) is 0 Å². The van der Waals surface area contributed by atoms with Gasteiger partial charge < -0.3 is 15.3 Å². The molecule has 126 valence electrons. The molecule has 1 heterocycles. The van der Waals surface area contributed by atoms with E-state index in [9.17, 15) is 9.59 Å². The minimum Gasteiger partial charge on any atom is -0.478 e. The SMILES string of the molecule is N#Cc1ccc(NC(=O)N2CCCC2c2cccc(C(=O)O)c2)cc1. The second-order valence-corrected chi connectivity index (χ2v) is 5.90. The zero-order valence-electron chi connectivity index (χ0n) is 13.5. The van der Waals surface area contributed by atoms with E-state index in [2.05, 4.69) is 5.32 Å². The van der Waals surface area contributed by atoms with E-state index < -0.39 is 5.97 Å². The van der Waals surface area contributed by atoms with E-state index in [0.717, 1.165) is 18.4 Å². The van der Waals surface area contributed by atoms with Crippen molar-refractivity contribution in [3.63, 3.8) is 0 Å². The van der Waals surface area contributed by atoms with Crippen molar-refractivity contribution in [1.29, 1.82) is 5.26 Å². The van der Waals surface area contributed by atoms with Crippen LogP contribution < -0.4 is 5.32 Å². The van der Waals surface area contributed by atoms with E-state index >= 15 is 0 Å². The highest BCUT2D eigenvalue weighted by Crippen LogP contribution is 2.32. The lowest BCUT2D eigenvalue weighted by Gasteiger charge is -2.25. The number of rotatable bonds is 3. The van der Waals surface area contributed by atoms with Crippen molar-refractivity contribution in [3.8, 4) is 6.07 Å². The lowest BCUT2D eigenvalue weighted by atomic mass is 10.0. The fraction of sp³-hybridized carbons (Fsp3) is 0.211. The molecule has 2 aromatic rings. The molecule has 1 aliphatic rings. The Hall–Kier alpha value is -3.33. The first-order valence-electron chi connectivity index (χ1n) is 7.99. The van der Waals surface area contributed by atoms with Crippen LogP contribution in [-0.2, 0) is 0 Å². The van der Waals surface area contributed by atoms with Crippen LogP contribution in [0, 0.1) is 11.3 Å². The number of hydrogen-bond acceptors (Lipinski definition) is 3. The maximum Gasteiger partial charge on any atom is 0.335 e. The summed E-state index contributed by atoms with van der Waals surface area (Å²) >= 11 is 0. The Kier molecular flexibility index (Phi) is 4.66. The largest absolute Gasteiger partial charge is 0.478 e. The van der Waals surface area contributed by atoms with Gasteiger partial charge in [0.05, 0.1) is 23.2 Å². The average molecular weight is 335 g/mol. The molecule has 0 radical (unpaired) electrons. The Morgan fingerprint density at radius 1 is 1.20 bits per heavy atom. The molecule has 1 fully saturated rings. The standard InChI is InChI=1S/C19H17N3O3/c20-12-13-6-8-16(9-7-13)21-19(25)22-10-2-5-17(22)14-3-1-4-15(11-14)18(23)24/h1,3-4,6-9,11,17H,2,5,10H2,(H,21,25)(H,23,24). The fourth-order valence-electron chi connectivity index (χ4n) is 3.06. The summed E-state index contributed by atoms with van der Waals surface area (Å²) in [6.07, 6.45) is 1.66. The third-order valence-electron chi connectivity index (χ3n) is 4.30. The minimum absolute atomic E-state index is 0.141. The van der Waals surface area contributed by atoms with Gasteiger partial charge in [-0.2, -0.15) is 5.26 Å². The van der Waals surface area contributed by atoms with E-state index in [-0.39, 0.29) is 17.6 Å². The van der Waals surface area contributed by atoms with Crippen LogP contribution in [-0.4, -0.2) is 28.6 Å². The number of anilines is 1. The first kappa shape index (κ1) is 16.5. The second kappa shape index (κ2) is 7.05. The van der Waals surface area contributed by atoms with Gasteiger partial charge in [0.1, 0.15) is 0 Å². The predicted molar refractivity (Wildman–Crippen MR) is 92.3 cm³/mol. The summed E-state index contributed by atoms with van der Waals surface area (Å²) < 4.78 is 0. The van der Waals surface area contributed by atoms with E-state index in [1.165, 1.54) is 0 Å². The van der Waals surface area contributed by atoms with Crippen molar-refractivity contribution in [2.45, 2.75) is 18.9 Å². The number of aromatic carboxylic acids is 1. The molecular formula is C19H17N3O3. The Bertz CT molecular complexity index is 840. The molecule has 2 aromatic carbocycles. The molecule has 1 saturated heterocycles. The number of nitrogens with zero attached hydrogens (tertiary/aromatic N) is 2. The molecule has 3 rings (SSSR count). The summed E-state index contributed by atoms with van der Waals surface area (Å²) in [6, 6.07) is 15.1. The number of carboxylic acid groups (broad SMARTS) is 1. The van der Waals surface area contributed by atoms with Crippen LogP contribution in [0.5, 0.6) is 0 Å². The molecule has 6 nitrogen and oxygen atoms in total. The Morgan fingerprint density at radius 3 is 2.64 bits per heavy atom. The second-order valence-electron chi connectivity index (χ2n) is 5.90. The molecule has 2 amide bonds. The quantitative estimate of drug-likeness (QED) is 0.895. The number of likely N-dealkylation sites (tertiary alicyclic amines) is 1. The van der Waals surface area contributed by atoms with Gasteiger partial charge in [0.25, 0.3) is 0 Å². The molecule has 0 aromatic heterocycles. The highest BCUT2D eigenvalue weighted by Gasteiger charge is 2.30. The molecule has 25 heavy (non-hydrogen) atoms. The van der Waals surface area contributed by atoms with Crippen LogP contribution in [0.4, 0.5) is 10.5 Å². The van der Waals surface area contributed by atoms with E-state index in [1.54, 1.807) is 47.4 Å². The lowest BCUT2D eigenvalue weighted by molar-refractivity contribution is 0.0696. The number of hydrogen-bond donors (Lipinski definition) is 2. The van der Waals surface area contributed by atoms with Gasteiger partial charge in [0, 0.05) is 12.2 Å². The van der Waals surface area contributed by atoms with Crippen LogP contribution in [0.3, 0.4) is 0 Å². The van der Waals surface area contributed by atoms with Crippen LogP contribution in [0.25, 0.3) is 0 Å². The number of carbonyl (C=O) groups is 2. The molecule has 0 spiro atoms. The molecule has 0 saturated carbocycles. The van der Waals surface area contributed by atoms with Gasteiger partial charge in [-0.15, -0.1) is 0 Å². The van der Waals surface area contributed by atoms with Gasteiger partial charge in [0.2, 0.25) is 0 Å². The average Bonchev–Trinajstić information content (AvgIpc) is 3.12. The predicted octanol–water partition coefficient (Wildman–Crippen LogP) is 3.63. The number of carboxylic acids is 1. The normalized spacial score (nSPS) is 16.3. The van der Waals surface area contributed by atoms with E-state index in [0.29, 0.717) is 17.8 Å². The molecule has 2 N–H and O–H groups in total. The molecular weight excluding hydrogens is 318 g/mol. The summed E-state index contributed by atoms with van der Waals surface area (Å²) in [4.78, 5) is 25.5. The van der Waals surface area contributed by atoms with Crippen molar-refractivity contribution in [2.24, 2.45) is 0 Å². The van der Waals surface area contributed by atoms with Crippen molar-refractivity contribution in [2.75, 3.05) is 11.9 Å². The molecule has 1 aliphatic heterocycles. The van der Waals surface area contributed by atoms with Crippen LogP contribution in [0.1, 0.15) is 40.4 Å². The summed E-state index contributed by atoms with van der Waals surface area (Å²) in [5.74, 6) is -0.978. The van der Waals surface area contributed by atoms with Crippen molar-refractivity contribution in [1.82, 2.24) is 4.90 Å². The van der Waals surface area contributed by atoms with Crippen molar-refractivity contribution < 1.29 is 14.7 Å². The topological polar surface area (TPSA) is 93.4 Å². The number of benzene rings is 2. The van der Waals surface area contributed by atoms with Gasteiger partial charge in [0.15, 0.2) is 0 Å². The number of carbonyl (C=O) groups excluding carboxylic acids is 1. The number of nitriles is 1. The molecule has 0 bridgehead atoms. The summed E-state index contributed by atoms with van der Waals surface area (Å²) in [5, 5.41) is 20.8. The number of nitrogens with one attached hydrogen (secondary N) is 1. The number of amides is 2. The van der Waals surface area contributed by atoms with Crippen molar-refractivity contribution >= 4 is 17.7 Å². The van der Waals surface area contributed by atoms with E-state index in [4.69, 9.17) is 10.4 Å². The van der Waals surface area contributed by atoms with Gasteiger partial charge in [-0.25, -0.2) is 9.59 Å². The van der Waals surface area contributed by atoms with Gasteiger partial charge in [-0.05, 0) is 54.8 Å².